The highest BCUT2D eigenvalue weighted by Crippen LogP contribution is 2.26. The van der Waals surface area contributed by atoms with E-state index in [0.29, 0.717) is 35.2 Å². The van der Waals surface area contributed by atoms with Gasteiger partial charge in [0.25, 0.3) is 5.91 Å². The van der Waals surface area contributed by atoms with Gasteiger partial charge in [0, 0.05) is 17.7 Å². The quantitative estimate of drug-likeness (QED) is 0.706. The Kier molecular flexibility index (Phi) is 7.20. The molecule has 0 radical (unpaired) electrons. The van der Waals surface area contributed by atoms with Crippen LogP contribution in [-0.4, -0.2) is 30.5 Å². The Bertz CT molecular complexity index is 878. The summed E-state index contributed by atoms with van der Waals surface area (Å²) in [6.45, 7) is 9.59. The molecule has 0 aliphatic heterocycles. The lowest BCUT2D eigenvalue weighted by molar-refractivity contribution is -0.118. The Morgan fingerprint density at radius 3 is 2.52 bits per heavy atom. The average Bonchev–Trinajstić information content (AvgIpc) is 2.68. The smallest absolute Gasteiger partial charge is 0.255 e. The van der Waals surface area contributed by atoms with Gasteiger partial charge in [-0.1, -0.05) is 19.9 Å². The van der Waals surface area contributed by atoms with Gasteiger partial charge in [0.1, 0.15) is 5.75 Å². The van der Waals surface area contributed by atoms with Crippen molar-refractivity contribution >= 4 is 17.5 Å². The van der Waals surface area contributed by atoms with Crippen LogP contribution in [0.4, 0.5) is 5.69 Å². The van der Waals surface area contributed by atoms with E-state index in [9.17, 15) is 9.59 Å². The molecule has 0 spiro atoms. The number of amides is 2. The molecule has 0 aliphatic carbocycles. The maximum Gasteiger partial charge on any atom is 0.255 e. The molecular formula is C22H29N3O4. The first kappa shape index (κ1) is 22.2. The van der Waals surface area contributed by atoms with Crippen LogP contribution in [0, 0.1) is 5.92 Å². The molecule has 0 saturated heterocycles. The number of benzene rings is 1. The second kappa shape index (κ2) is 9.41. The van der Waals surface area contributed by atoms with Crippen LogP contribution in [0.25, 0.3) is 0 Å². The van der Waals surface area contributed by atoms with Crippen molar-refractivity contribution in [3.05, 3.63) is 47.7 Å². The van der Waals surface area contributed by atoms with E-state index in [1.165, 1.54) is 0 Å². The fourth-order valence-corrected chi connectivity index (χ4v) is 2.64. The van der Waals surface area contributed by atoms with Gasteiger partial charge in [0.05, 0.1) is 30.5 Å². The van der Waals surface area contributed by atoms with Crippen LogP contribution in [0.5, 0.6) is 11.6 Å². The summed E-state index contributed by atoms with van der Waals surface area (Å²) in [4.78, 5) is 29.5. The first-order chi connectivity index (χ1) is 13.7. The van der Waals surface area contributed by atoms with E-state index in [0.717, 1.165) is 0 Å². The lowest BCUT2D eigenvalue weighted by Crippen LogP contribution is -2.41. The first-order valence-corrected chi connectivity index (χ1v) is 9.59. The molecule has 1 heterocycles. The fourth-order valence-electron chi connectivity index (χ4n) is 2.64. The molecule has 7 nitrogen and oxygen atoms in total. The number of aromatic nitrogens is 1. The largest absolute Gasteiger partial charge is 0.493 e. The fraction of sp³-hybridized carbons (Fsp3) is 0.409. The van der Waals surface area contributed by atoms with Gasteiger partial charge in [-0.15, -0.1) is 0 Å². The number of hydrogen-bond acceptors (Lipinski definition) is 5. The zero-order valence-electron chi connectivity index (χ0n) is 17.8. The third-order valence-electron chi connectivity index (χ3n) is 4.32. The summed E-state index contributed by atoms with van der Waals surface area (Å²) in [5, 5.41) is 5.80. The number of nitrogens with zero attached hydrogens (tertiary/aromatic N) is 1. The second-order valence-corrected chi connectivity index (χ2v) is 7.43. The van der Waals surface area contributed by atoms with Crippen molar-refractivity contribution in [3.8, 4) is 11.6 Å². The van der Waals surface area contributed by atoms with Gasteiger partial charge < -0.3 is 20.1 Å². The monoisotopic (exact) mass is 399 g/mol. The molecule has 0 aliphatic rings. The predicted molar refractivity (Wildman–Crippen MR) is 112 cm³/mol. The van der Waals surface area contributed by atoms with Crippen LogP contribution in [0.2, 0.25) is 0 Å². The molecule has 156 valence electrons. The Balaban J connectivity index is 2.32. The van der Waals surface area contributed by atoms with Crippen LogP contribution < -0.4 is 20.1 Å². The van der Waals surface area contributed by atoms with Crippen molar-refractivity contribution in [3.63, 3.8) is 0 Å². The van der Waals surface area contributed by atoms with Gasteiger partial charge in [-0.2, -0.15) is 0 Å². The second-order valence-electron chi connectivity index (χ2n) is 7.43. The molecule has 1 aromatic heterocycles. The molecule has 0 fully saturated rings. The van der Waals surface area contributed by atoms with Gasteiger partial charge in [-0.25, -0.2) is 4.98 Å². The Labute approximate surface area is 171 Å². The van der Waals surface area contributed by atoms with Crippen LogP contribution in [0.15, 0.2) is 36.4 Å². The number of anilines is 1. The van der Waals surface area contributed by atoms with Gasteiger partial charge in [-0.05, 0) is 45.0 Å². The normalized spacial score (nSPS) is 11.1. The van der Waals surface area contributed by atoms with Crippen molar-refractivity contribution in [2.24, 2.45) is 5.92 Å². The highest BCUT2D eigenvalue weighted by atomic mass is 16.5. The van der Waals surface area contributed by atoms with E-state index in [1.807, 2.05) is 32.9 Å². The Morgan fingerprint density at radius 2 is 1.90 bits per heavy atom. The van der Waals surface area contributed by atoms with Gasteiger partial charge in [0.2, 0.25) is 11.8 Å². The maximum atomic E-state index is 13.1. The summed E-state index contributed by atoms with van der Waals surface area (Å²) >= 11 is 0. The molecule has 2 aromatic rings. The summed E-state index contributed by atoms with van der Waals surface area (Å²) in [7, 11) is 1.54. The standard InChI is InChI=1S/C22H29N3O4/c1-7-29-17-12-11-15(23-20(26)14(2)3)13-16(17)21(27)25-22(4,5)18-9-8-10-19(24-18)28-6/h8-14H,7H2,1-6H3,(H,23,26)(H,25,27). The molecule has 0 saturated carbocycles. The van der Waals surface area contributed by atoms with E-state index in [1.54, 1.807) is 45.2 Å². The van der Waals surface area contributed by atoms with Crippen molar-refractivity contribution in [2.45, 2.75) is 40.2 Å². The predicted octanol–water partition coefficient (Wildman–Crippen LogP) is 3.75. The zero-order valence-corrected chi connectivity index (χ0v) is 17.8. The SMILES string of the molecule is CCOc1ccc(NC(=O)C(C)C)cc1C(=O)NC(C)(C)c1cccc(OC)n1. The minimum Gasteiger partial charge on any atom is -0.493 e. The van der Waals surface area contributed by atoms with Crippen molar-refractivity contribution in [2.75, 3.05) is 19.0 Å². The number of pyridine rings is 1. The summed E-state index contributed by atoms with van der Waals surface area (Å²) in [5.41, 5.74) is 0.776. The lowest BCUT2D eigenvalue weighted by Gasteiger charge is -2.26. The average molecular weight is 399 g/mol. The number of methoxy groups -OCH3 is 1. The third-order valence-corrected chi connectivity index (χ3v) is 4.32. The molecular weight excluding hydrogens is 370 g/mol. The van der Waals surface area contributed by atoms with Crippen LogP contribution in [0.1, 0.15) is 50.7 Å². The minimum absolute atomic E-state index is 0.124. The topological polar surface area (TPSA) is 89.5 Å². The zero-order chi connectivity index (χ0) is 21.6. The lowest BCUT2D eigenvalue weighted by atomic mass is 9.98. The van der Waals surface area contributed by atoms with Gasteiger partial charge in [0.15, 0.2) is 0 Å². The van der Waals surface area contributed by atoms with Crippen molar-refractivity contribution in [1.82, 2.24) is 10.3 Å². The molecule has 2 N–H and O–H groups in total. The van der Waals surface area contributed by atoms with Crippen LogP contribution in [-0.2, 0) is 10.3 Å². The molecule has 0 bridgehead atoms. The minimum atomic E-state index is -0.758. The highest BCUT2D eigenvalue weighted by Gasteiger charge is 2.27. The number of nitrogens with one attached hydrogen (secondary N) is 2. The van der Waals surface area contributed by atoms with Crippen molar-refractivity contribution < 1.29 is 19.1 Å². The van der Waals surface area contributed by atoms with E-state index >= 15 is 0 Å². The van der Waals surface area contributed by atoms with Crippen LogP contribution >= 0.6 is 0 Å². The third kappa shape index (κ3) is 5.70. The Hall–Kier alpha value is -3.09. The number of hydrogen-bond donors (Lipinski definition) is 2. The number of carbonyl (C=O) groups is 2. The molecule has 1 aromatic carbocycles. The highest BCUT2D eigenvalue weighted by molar-refractivity contribution is 6.00. The number of carbonyl (C=O) groups excluding carboxylic acids is 2. The first-order valence-electron chi connectivity index (χ1n) is 9.59. The molecule has 0 atom stereocenters. The molecule has 29 heavy (non-hydrogen) atoms. The van der Waals surface area contributed by atoms with Crippen molar-refractivity contribution in [1.29, 1.82) is 0 Å². The van der Waals surface area contributed by atoms with E-state index in [-0.39, 0.29) is 17.7 Å². The summed E-state index contributed by atoms with van der Waals surface area (Å²) in [6, 6.07) is 10.4. The van der Waals surface area contributed by atoms with Gasteiger partial charge in [-0.3, -0.25) is 9.59 Å². The van der Waals surface area contributed by atoms with E-state index in [4.69, 9.17) is 9.47 Å². The van der Waals surface area contributed by atoms with E-state index in [2.05, 4.69) is 15.6 Å². The maximum absolute atomic E-state index is 13.1. The van der Waals surface area contributed by atoms with Crippen LogP contribution in [0.3, 0.4) is 0 Å². The molecule has 0 unspecified atom stereocenters. The summed E-state index contributed by atoms with van der Waals surface area (Å²) in [6.07, 6.45) is 0. The van der Waals surface area contributed by atoms with E-state index < -0.39 is 5.54 Å². The summed E-state index contributed by atoms with van der Waals surface area (Å²) < 4.78 is 10.8. The Morgan fingerprint density at radius 1 is 1.17 bits per heavy atom. The number of ether oxygens (including phenoxy) is 2. The molecule has 2 amide bonds. The molecule has 7 heteroatoms. The molecule has 2 rings (SSSR count). The van der Waals surface area contributed by atoms with Gasteiger partial charge >= 0.3 is 0 Å². The summed E-state index contributed by atoms with van der Waals surface area (Å²) in [5.74, 6) is 0.294. The number of rotatable bonds is 8.